The molecule has 16 heavy (non-hydrogen) atoms. The maximum absolute atomic E-state index is 12.8. The average Bonchev–Trinajstić information content (AvgIpc) is 2.68. The van der Waals surface area contributed by atoms with Crippen molar-refractivity contribution in [2.24, 2.45) is 0 Å². The van der Waals surface area contributed by atoms with Gasteiger partial charge in [0.2, 0.25) is 0 Å². The van der Waals surface area contributed by atoms with Gasteiger partial charge in [-0.05, 0) is 12.1 Å². The normalized spacial score (nSPS) is 10.0. The number of benzene rings is 1. The molecule has 0 bridgehead atoms. The van der Waals surface area contributed by atoms with E-state index in [-0.39, 0.29) is 6.54 Å². The topological polar surface area (TPSA) is 66.0 Å². The third-order valence-electron chi connectivity index (χ3n) is 2.11. The van der Waals surface area contributed by atoms with Crippen molar-refractivity contribution < 1.29 is 13.6 Å². The van der Waals surface area contributed by atoms with Gasteiger partial charge >= 0.3 is 0 Å². The predicted molar refractivity (Wildman–Crippen MR) is 54.1 cm³/mol. The van der Waals surface area contributed by atoms with Crippen LogP contribution in [0.1, 0.15) is 10.4 Å². The number of nitrogens with zero attached hydrogens (tertiary/aromatic N) is 1. The molecular weight excluding hydrogens is 211 g/mol. The Kier molecular flexibility index (Phi) is 2.56. The van der Waals surface area contributed by atoms with Crippen LogP contribution in [0.3, 0.4) is 0 Å². The highest BCUT2D eigenvalue weighted by Crippen LogP contribution is 2.21. The van der Waals surface area contributed by atoms with Crippen molar-refractivity contribution in [2.75, 3.05) is 6.54 Å². The summed E-state index contributed by atoms with van der Waals surface area (Å²) in [5, 5.41) is 11.2. The Morgan fingerprint density at radius 2 is 2.38 bits per heavy atom. The summed E-state index contributed by atoms with van der Waals surface area (Å²) >= 11 is 0. The summed E-state index contributed by atoms with van der Waals surface area (Å²) in [4.78, 5) is 11.5. The number of carbonyl (C=O) groups excluding carboxylic acids is 1. The van der Waals surface area contributed by atoms with Crippen molar-refractivity contribution in [1.29, 1.82) is 5.26 Å². The fraction of sp³-hybridized carbons (Fsp3) is 0.0909. The highest BCUT2D eigenvalue weighted by atomic mass is 19.1. The maximum atomic E-state index is 12.8. The number of hydrogen-bond donors (Lipinski definition) is 1. The van der Waals surface area contributed by atoms with Gasteiger partial charge in [-0.1, -0.05) is 0 Å². The van der Waals surface area contributed by atoms with Crippen molar-refractivity contribution in [1.82, 2.24) is 5.32 Å². The highest BCUT2D eigenvalue weighted by Gasteiger charge is 2.13. The number of nitrogens with one attached hydrogen (secondary N) is 1. The number of nitriles is 1. The fourth-order valence-corrected chi connectivity index (χ4v) is 1.39. The number of carbonyl (C=O) groups is 1. The third-order valence-corrected chi connectivity index (χ3v) is 2.11. The Hall–Kier alpha value is -2.35. The molecule has 0 aliphatic carbocycles. The number of amides is 1. The summed E-state index contributed by atoms with van der Waals surface area (Å²) < 4.78 is 17.9. The molecule has 1 N–H and O–H groups in total. The SMILES string of the molecule is N#CCNC(=O)c1coc2cc(F)ccc12. The first-order chi connectivity index (χ1) is 7.72. The minimum Gasteiger partial charge on any atom is -0.463 e. The van der Waals surface area contributed by atoms with E-state index in [1.807, 2.05) is 0 Å². The summed E-state index contributed by atoms with van der Waals surface area (Å²) in [5.41, 5.74) is 0.604. The van der Waals surface area contributed by atoms with E-state index in [1.54, 1.807) is 6.07 Å². The zero-order valence-electron chi connectivity index (χ0n) is 8.16. The van der Waals surface area contributed by atoms with E-state index < -0.39 is 11.7 Å². The van der Waals surface area contributed by atoms with Crippen molar-refractivity contribution in [3.63, 3.8) is 0 Å². The molecule has 0 saturated carbocycles. The molecule has 1 aromatic carbocycles. The Morgan fingerprint density at radius 1 is 1.56 bits per heavy atom. The number of fused-ring (bicyclic) bond motifs is 1. The Morgan fingerprint density at radius 3 is 3.12 bits per heavy atom. The first-order valence-electron chi connectivity index (χ1n) is 4.54. The molecule has 0 saturated heterocycles. The van der Waals surface area contributed by atoms with Crippen molar-refractivity contribution in [2.45, 2.75) is 0 Å². The Balaban J connectivity index is 2.39. The number of furan rings is 1. The molecule has 80 valence electrons. The van der Waals surface area contributed by atoms with E-state index in [2.05, 4.69) is 5.32 Å². The molecule has 1 aromatic heterocycles. The van der Waals surface area contributed by atoms with E-state index >= 15 is 0 Å². The molecule has 0 fully saturated rings. The fourth-order valence-electron chi connectivity index (χ4n) is 1.39. The molecule has 0 aliphatic rings. The summed E-state index contributed by atoms with van der Waals surface area (Å²) in [6, 6.07) is 5.72. The lowest BCUT2D eigenvalue weighted by molar-refractivity contribution is 0.0959. The van der Waals surface area contributed by atoms with Gasteiger partial charge in [-0.25, -0.2) is 4.39 Å². The van der Waals surface area contributed by atoms with Gasteiger partial charge < -0.3 is 9.73 Å². The monoisotopic (exact) mass is 218 g/mol. The molecular formula is C11H7FN2O2. The lowest BCUT2D eigenvalue weighted by Gasteiger charge is -1.97. The van der Waals surface area contributed by atoms with Crippen molar-refractivity contribution in [3.8, 4) is 6.07 Å². The van der Waals surface area contributed by atoms with Gasteiger partial charge in [0.15, 0.2) is 0 Å². The maximum Gasteiger partial charge on any atom is 0.255 e. The predicted octanol–water partition coefficient (Wildman–Crippen LogP) is 1.83. The van der Waals surface area contributed by atoms with Crippen LogP contribution >= 0.6 is 0 Å². The smallest absolute Gasteiger partial charge is 0.255 e. The minimum atomic E-state index is -0.425. The molecule has 0 radical (unpaired) electrons. The van der Waals surface area contributed by atoms with Crippen molar-refractivity contribution >= 4 is 16.9 Å². The van der Waals surface area contributed by atoms with Gasteiger partial charge in [0, 0.05) is 11.5 Å². The van der Waals surface area contributed by atoms with Gasteiger partial charge in [0.25, 0.3) is 5.91 Å². The molecule has 2 rings (SSSR count). The van der Waals surface area contributed by atoms with Crippen LogP contribution in [-0.2, 0) is 0 Å². The summed E-state index contributed by atoms with van der Waals surface area (Å²) in [6.07, 6.45) is 1.25. The molecule has 1 amide bonds. The van der Waals surface area contributed by atoms with Crippen LogP contribution in [0.2, 0.25) is 0 Å². The summed E-state index contributed by atoms with van der Waals surface area (Å²) in [6.45, 7) is -0.0767. The van der Waals surface area contributed by atoms with E-state index in [9.17, 15) is 9.18 Å². The second kappa shape index (κ2) is 4.03. The number of hydrogen-bond acceptors (Lipinski definition) is 3. The highest BCUT2D eigenvalue weighted by molar-refractivity contribution is 6.05. The average molecular weight is 218 g/mol. The van der Waals surface area contributed by atoms with Crippen LogP contribution in [0.25, 0.3) is 11.0 Å². The number of halogens is 1. The molecule has 0 atom stereocenters. The standard InChI is InChI=1S/C11H7FN2O2/c12-7-1-2-8-9(6-16-10(8)5-7)11(15)14-4-3-13/h1-2,5-6H,4H2,(H,14,15). The molecule has 0 unspecified atom stereocenters. The Labute approximate surface area is 90.3 Å². The van der Waals surface area contributed by atoms with E-state index in [4.69, 9.17) is 9.68 Å². The molecule has 0 spiro atoms. The van der Waals surface area contributed by atoms with E-state index in [0.717, 1.165) is 0 Å². The first-order valence-corrected chi connectivity index (χ1v) is 4.54. The van der Waals surface area contributed by atoms with Gasteiger partial charge in [-0.2, -0.15) is 5.26 Å². The minimum absolute atomic E-state index is 0.0767. The lowest BCUT2D eigenvalue weighted by Crippen LogP contribution is -2.23. The van der Waals surface area contributed by atoms with Gasteiger partial charge in [0.05, 0.1) is 11.6 Å². The lowest BCUT2D eigenvalue weighted by atomic mass is 10.1. The van der Waals surface area contributed by atoms with Gasteiger partial charge in [-0.15, -0.1) is 0 Å². The summed E-state index contributed by atoms with van der Waals surface area (Å²) in [5.74, 6) is -0.835. The molecule has 4 nitrogen and oxygen atoms in total. The van der Waals surface area contributed by atoms with Gasteiger partial charge in [0.1, 0.15) is 24.2 Å². The van der Waals surface area contributed by atoms with Crippen LogP contribution in [0.5, 0.6) is 0 Å². The van der Waals surface area contributed by atoms with E-state index in [1.165, 1.54) is 24.5 Å². The second-order valence-electron chi connectivity index (χ2n) is 3.13. The number of rotatable bonds is 2. The zero-order valence-corrected chi connectivity index (χ0v) is 8.16. The summed E-state index contributed by atoms with van der Waals surface area (Å²) in [7, 11) is 0. The Bertz CT molecular complexity index is 583. The first kappa shape index (κ1) is 10.2. The molecule has 0 aliphatic heterocycles. The molecule has 2 aromatic rings. The van der Waals surface area contributed by atoms with Crippen LogP contribution < -0.4 is 5.32 Å². The second-order valence-corrected chi connectivity index (χ2v) is 3.13. The largest absolute Gasteiger partial charge is 0.463 e. The van der Waals surface area contributed by atoms with Crippen LogP contribution in [0, 0.1) is 17.1 Å². The quantitative estimate of drug-likeness (QED) is 0.782. The van der Waals surface area contributed by atoms with Crippen molar-refractivity contribution in [3.05, 3.63) is 35.8 Å². The van der Waals surface area contributed by atoms with E-state index in [0.29, 0.717) is 16.5 Å². The van der Waals surface area contributed by atoms with Crippen LogP contribution in [0.4, 0.5) is 4.39 Å². The zero-order chi connectivity index (χ0) is 11.5. The third kappa shape index (κ3) is 1.73. The van der Waals surface area contributed by atoms with Gasteiger partial charge in [-0.3, -0.25) is 4.79 Å². The van der Waals surface area contributed by atoms with Crippen LogP contribution in [-0.4, -0.2) is 12.5 Å². The molecule has 5 heteroatoms. The van der Waals surface area contributed by atoms with Crippen LogP contribution in [0.15, 0.2) is 28.9 Å². The molecule has 1 heterocycles.